The summed E-state index contributed by atoms with van der Waals surface area (Å²) in [6.07, 6.45) is 0. The fourth-order valence-electron chi connectivity index (χ4n) is 3.22. The lowest BCUT2D eigenvalue weighted by Crippen LogP contribution is -2.03. The van der Waals surface area contributed by atoms with Crippen LogP contribution in [0.25, 0.3) is 0 Å². The van der Waals surface area contributed by atoms with Crippen molar-refractivity contribution in [1.29, 1.82) is 0 Å². The maximum atomic E-state index is 5.63. The third kappa shape index (κ3) is 3.35. The third-order valence-corrected chi connectivity index (χ3v) is 4.82. The fraction of sp³-hybridized carbons (Fsp3) is 0.217. The summed E-state index contributed by atoms with van der Waals surface area (Å²) in [5.41, 5.74) is 5.20. The summed E-state index contributed by atoms with van der Waals surface area (Å²) in [6.45, 7) is 4.50. The highest BCUT2D eigenvalue weighted by atomic mass is 16.5. The lowest BCUT2D eigenvalue weighted by molar-refractivity contribution is 0.408. The van der Waals surface area contributed by atoms with Crippen LogP contribution in [-0.2, 0) is 0 Å². The van der Waals surface area contributed by atoms with Crippen LogP contribution in [0.5, 0.6) is 5.75 Å². The van der Waals surface area contributed by atoms with Crippen molar-refractivity contribution in [2.75, 3.05) is 7.11 Å². The highest BCUT2D eigenvalue weighted by molar-refractivity contribution is 5.46. The van der Waals surface area contributed by atoms with Crippen LogP contribution in [0.3, 0.4) is 0 Å². The molecule has 24 heavy (non-hydrogen) atoms. The van der Waals surface area contributed by atoms with Gasteiger partial charge in [-0.1, -0.05) is 86.6 Å². The van der Waals surface area contributed by atoms with Crippen molar-refractivity contribution in [3.05, 3.63) is 101 Å². The van der Waals surface area contributed by atoms with Crippen molar-refractivity contribution in [2.24, 2.45) is 0 Å². The maximum absolute atomic E-state index is 5.63. The van der Waals surface area contributed by atoms with E-state index in [1.54, 1.807) is 7.11 Å². The molecule has 3 aromatic rings. The van der Waals surface area contributed by atoms with Crippen LogP contribution in [0, 0.1) is 0 Å². The molecule has 1 nitrogen and oxygen atoms in total. The zero-order valence-electron chi connectivity index (χ0n) is 14.6. The van der Waals surface area contributed by atoms with E-state index in [4.69, 9.17) is 4.74 Å². The SMILES string of the molecule is COc1ccc([C@@H](C)c2ccccc2)cc1[C@@H](C)c1ccccc1. The molecular weight excluding hydrogens is 292 g/mol. The molecule has 2 atom stereocenters. The van der Waals surface area contributed by atoms with E-state index in [9.17, 15) is 0 Å². The second kappa shape index (κ2) is 7.35. The molecule has 1 heteroatoms. The summed E-state index contributed by atoms with van der Waals surface area (Å²) < 4.78 is 5.63. The molecule has 0 aliphatic heterocycles. The Kier molecular flexibility index (Phi) is 5.00. The standard InChI is InChI=1S/C23H24O/c1-17(19-10-6-4-7-11-19)21-14-15-23(24-3)22(16-21)18(2)20-12-8-5-9-13-20/h4-18H,1-3H3/t17-,18-/m0/s1. The predicted octanol–water partition coefficient (Wildman–Crippen LogP) is 6.00. The highest BCUT2D eigenvalue weighted by Gasteiger charge is 2.16. The Morgan fingerprint density at radius 1 is 0.625 bits per heavy atom. The number of ether oxygens (including phenoxy) is 1. The Morgan fingerprint density at radius 3 is 1.71 bits per heavy atom. The molecular formula is C23H24O. The first-order chi connectivity index (χ1) is 11.7. The Labute approximate surface area is 144 Å². The molecule has 122 valence electrons. The second-order valence-corrected chi connectivity index (χ2v) is 6.27. The summed E-state index contributed by atoms with van der Waals surface area (Å²) in [7, 11) is 1.75. The molecule has 0 fully saturated rings. The first-order valence-corrected chi connectivity index (χ1v) is 8.48. The average molecular weight is 316 g/mol. The van der Waals surface area contributed by atoms with Crippen molar-refractivity contribution in [1.82, 2.24) is 0 Å². The normalized spacial score (nSPS) is 13.3. The molecule has 0 radical (unpaired) electrons. The molecule has 3 rings (SSSR count). The monoisotopic (exact) mass is 316 g/mol. The molecule has 0 N–H and O–H groups in total. The quantitative estimate of drug-likeness (QED) is 0.561. The molecule has 3 aromatic carbocycles. The van der Waals surface area contributed by atoms with Crippen LogP contribution in [0.4, 0.5) is 0 Å². The second-order valence-electron chi connectivity index (χ2n) is 6.27. The molecule has 0 saturated heterocycles. The summed E-state index contributed by atoms with van der Waals surface area (Å²) in [6, 6.07) is 27.8. The molecule has 0 aliphatic rings. The van der Waals surface area contributed by atoms with Crippen LogP contribution in [-0.4, -0.2) is 7.11 Å². The fourth-order valence-corrected chi connectivity index (χ4v) is 3.22. The molecule has 0 saturated carbocycles. The van der Waals surface area contributed by atoms with Crippen LogP contribution < -0.4 is 4.74 Å². The van der Waals surface area contributed by atoms with Crippen LogP contribution >= 0.6 is 0 Å². The van der Waals surface area contributed by atoms with E-state index in [2.05, 4.69) is 92.7 Å². The zero-order valence-corrected chi connectivity index (χ0v) is 14.6. The summed E-state index contributed by atoms with van der Waals surface area (Å²) in [5.74, 6) is 1.61. The number of hydrogen-bond acceptors (Lipinski definition) is 1. The molecule has 0 amide bonds. The van der Waals surface area contributed by atoms with Gasteiger partial charge < -0.3 is 4.74 Å². The molecule has 0 unspecified atom stereocenters. The molecule has 0 aliphatic carbocycles. The van der Waals surface area contributed by atoms with Crippen molar-refractivity contribution in [2.45, 2.75) is 25.7 Å². The van der Waals surface area contributed by atoms with Crippen molar-refractivity contribution in [3.63, 3.8) is 0 Å². The first-order valence-electron chi connectivity index (χ1n) is 8.48. The Morgan fingerprint density at radius 2 is 1.17 bits per heavy atom. The molecule has 0 spiro atoms. The summed E-state index contributed by atoms with van der Waals surface area (Å²) >= 11 is 0. The Balaban J connectivity index is 2.00. The van der Waals surface area contributed by atoms with E-state index >= 15 is 0 Å². The van der Waals surface area contributed by atoms with Gasteiger partial charge in [0.2, 0.25) is 0 Å². The van der Waals surface area contributed by atoms with Gasteiger partial charge >= 0.3 is 0 Å². The predicted molar refractivity (Wildman–Crippen MR) is 101 cm³/mol. The van der Waals surface area contributed by atoms with Gasteiger partial charge in [-0.2, -0.15) is 0 Å². The number of rotatable bonds is 5. The lowest BCUT2D eigenvalue weighted by atomic mass is 9.87. The summed E-state index contributed by atoms with van der Waals surface area (Å²) in [5, 5.41) is 0. The molecule has 0 heterocycles. The van der Waals surface area contributed by atoms with Crippen LogP contribution in [0.15, 0.2) is 78.9 Å². The third-order valence-electron chi connectivity index (χ3n) is 4.82. The van der Waals surface area contributed by atoms with Crippen LogP contribution in [0.2, 0.25) is 0 Å². The number of benzene rings is 3. The van der Waals surface area contributed by atoms with E-state index in [1.807, 2.05) is 0 Å². The van der Waals surface area contributed by atoms with Gasteiger partial charge in [-0.15, -0.1) is 0 Å². The van der Waals surface area contributed by atoms with Crippen LogP contribution in [0.1, 0.15) is 47.9 Å². The van der Waals surface area contributed by atoms with Gasteiger partial charge in [-0.25, -0.2) is 0 Å². The average Bonchev–Trinajstić information content (AvgIpc) is 2.67. The van der Waals surface area contributed by atoms with Gasteiger partial charge in [-0.05, 0) is 22.8 Å². The van der Waals surface area contributed by atoms with Gasteiger partial charge in [0.05, 0.1) is 7.11 Å². The largest absolute Gasteiger partial charge is 0.496 e. The Hall–Kier alpha value is -2.54. The van der Waals surface area contributed by atoms with Gasteiger partial charge in [0.1, 0.15) is 5.75 Å². The topological polar surface area (TPSA) is 9.23 Å². The number of methoxy groups -OCH3 is 1. The lowest BCUT2D eigenvalue weighted by Gasteiger charge is -2.20. The molecule has 0 bridgehead atoms. The van der Waals surface area contributed by atoms with E-state index in [0.717, 1.165) is 5.75 Å². The molecule has 0 aromatic heterocycles. The number of hydrogen-bond donors (Lipinski definition) is 0. The van der Waals surface area contributed by atoms with E-state index in [0.29, 0.717) is 11.8 Å². The first kappa shape index (κ1) is 16.3. The van der Waals surface area contributed by atoms with Crippen molar-refractivity contribution >= 4 is 0 Å². The minimum Gasteiger partial charge on any atom is -0.496 e. The van der Waals surface area contributed by atoms with Gasteiger partial charge in [0, 0.05) is 17.4 Å². The Bertz CT molecular complexity index is 778. The minimum absolute atomic E-state index is 0.295. The smallest absolute Gasteiger partial charge is 0.122 e. The zero-order chi connectivity index (χ0) is 16.9. The maximum Gasteiger partial charge on any atom is 0.122 e. The van der Waals surface area contributed by atoms with E-state index in [1.165, 1.54) is 22.3 Å². The van der Waals surface area contributed by atoms with Crippen molar-refractivity contribution < 1.29 is 4.74 Å². The summed E-state index contributed by atoms with van der Waals surface area (Å²) in [4.78, 5) is 0. The van der Waals surface area contributed by atoms with Crippen molar-refractivity contribution in [3.8, 4) is 5.75 Å². The van der Waals surface area contributed by atoms with E-state index < -0.39 is 0 Å². The van der Waals surface area contributed by atoms with E-state index in [-0.39, 0.29) is 0 Å². The highest BCUT2D eigenvalue weighted by Crippen LogP contribution is 2.35. The van der Waals surface area contributed by atoms with Gasteiger partial charge in [-0.3, -0.25) is 0 Å². The van der Waals surface area contributed by atoms with Gasteiger partial charge in [0.25, 0.3) is 0 Å². The van der Waals surface area contributed by atoms with Gasteiger partial charge in [0.15, 0.2) is 0 Å². The minimum atomic E-state index is 0.295.